The minimum Gasteiger partial charge on any atom is -0.481 e. The van der Waals surface area contributed by atoms with Crippen LogP contribution in [0.4, 0.5) is 17.6 Å². The van der Waals surface area contributed by atoms with Crippen molar-refractivity contribution >= 4 is 35.2 Å². The van der Waals surface area contributed by atoms with Gasteiger partial charge in [0, 0.05) is 25.2 Å². The van der Waals surface area contributed by atoms with Crippen molar-refractivity contribution in [3.05, 3.63) is 35.6 Å². The number of rotatable bonds is 8. The van der Waals surface area contributed by atoms with Crippen molar-refractivity contribution in [1.82, 2.24) is 15.0 Å². The average Bonchev–Trinajstić information content (AvgIpc) is 2.52. The lowest BCUT2D eigenvalue weighted by molar-refractivity contribution is -0.137. The number of aliphatic carboxylic acids is 1. The first kappa shape index (κ1) is 17.0. The molecule has 0 aliphatic heterocycles. The van der Waals surface area contributed by atoms with E-state index in [2.05, 4.69) is 20.3 Å². The molecule has 2 aromatic rings. The second-order valence-electron chi connectivity index (χ2n) is 4.74. The first-order chi connectivity index (χ1) is 11.1. The van der Waals surface area contributed by atoms with Crippen molar-refractivity contribution in [3.8, 4) is 0 Å². The van der Waals surface area contributed by atoms with Crippen LogP contribution in [0.3, 0.4) is 0 Å². The zero-order valence-electron chi connectivity index (χ0n) is 12.7. The highest BCUT2D eigenvalue weighted by Gasteiger charge is 2.15. The van der Waals surface area contributed by atoms with Crippen LogP contribution >= 0.6 is 11.6 Å². The number of aromatic nitrogens is 3. The van der Waals surface area contributed by atoms with Crippen molar-refractivity contribution in [2.24, 2.45) is 0 Å². The van der Waals surface area contributed by atoms with E-state index in [4.69, 9.17) is 16.7 Å². The van der Waals surface area contributed by atoms with Crippen LogP contribution in [0, 0.1) is 0 Å². The second-order valence-corrected chi connectivity index (χ2v) is 5.08. The lowest BCUT2D eigenvalue weighted by Crippen LogP contribution is -2.22. The number of benzene rings is 1. The standard InChI is InChI=1S/C15H18ClN5O2/c1-2-17-14-18-13(16)19-15(20-14)21(10-6-9-12(22)23)11-7-4-3-5-8-11/h3-5,7-8H,2,6,9-10H2,1H3,(H,22,23)(H,17,18,19,20). The summed E-state index contributed by atoms with van der Waals surface area (Å²) in [6.07, 6.45) is 0.534. The van der Waals surface area contributed by atoms with Crippen molar-refractivity contribution in [1.29, 1.82) is 0 Å². The molecular weight excluding hydrogens is 318 g/mol. The third-order valence-electron chi connectivity index (χ3n) is 3.01. The van der Waals surface area contributed by atoms with Crippen molar-refractivity contribution < 1.29 is 9.90 Å². The van der Waals surface area contributed by atoms with Gasteiger partial charge in [0.1, 0.15) is 0 Å². The van der Waals surface area contributed by atoms with Gasteiger partial charge in [0.15, 0.2) is 0 Å². The van der Waals surface area contributed by atoms with Crippen molar-refractivity contribution in [3.63, 3.8) is 0 Å². The Balaban J connectivity index is 2.30. The number of carbonyl (C=O) groups is 1. The summed E-state index contributed by atoms with van der Waals surface area (Å²) < 4.78 is 0. The number of nitrogens with one attached hydrogen (secondary N) is 1. The number of carboxylic acid groups (broad SMARTS) is 1. The Morgan fingerprint density at radius 3 is 2.65 bits per heavy atom. The molecule has 0 atom stereocenters. The quantitative estimate of drug-likeness (QED) is 0.766. The van der Waals surface area contributed by atoms with Gasteiger partial charge in [-0.2, -0.15) is 15.0 Å². The Bertz CT molecular complexity index is 654. The smallest absolute Gasteiger partial charge is 0.303 e. The molecule has 2 N–H and O–H groups in total. The molecule has 0 saturated carbocycles. The van der Waals surface area contributed by atoms with Crippen LogP contribution in [0.1, 0.15) is 19.8 Å². The van der Waals surface area contributed by atoms with Gasteiger partial charge in [-0.1, -0.05) is 18.2 Å². The van der Waals surface area contributed by atoms with Crippen LogP contribution < -0.4 is 10.2 Å². The fourth-order valence-corrected chi connectivity index (χ4v) is 2.19. The first-order valence-corrected chi connectivity index (χ1v) is 7.67. The minimum absolute atomic E-state index is 0.0716. The number of hydrogen-bond donors (Lipinski definition) is 2. The SMILES string of the molecule is CCNc1nc(Cl)nc(N(CCCC(=O)O)c2ccccc2)n1. The number of anilines is 3. The molecule has 7 nitrogen and oxygen atoms in total. The zero-order valence-corrected chi connectivity index (χ0v) is 13.5. The average molecular weight is 336 g/mol. The summed E-state index contributed by atoms with van der Waals surface area (Å²) in [4.78, 5) is 25.1. The Morgan fingerprint density at radius 1 is 1.26 bits per heavy atom. The number of para-hydroxylation sites is 1. The second kappa shape index (κ2) is 8.28. The molecule has 1 heterocycles. The Labute approximate surface area is 139 Å². The molecule has 122 valence electrons. The monoisotopic (exact) mass is 335 g/mol. The van der Waals surface area contributed by atoms with E-state index in [1.54, 1.807) is 0 Å². The molecule has 0 aliphatic rings. The molecule has 0 fully saturated rings. The van der Waals surface area contributed by atoms with E-state index >= 15 is 0 Å². The lowest BCUT2D eigenvalue weighted by Gasteiger charge is -2.22. The van der Waals surface area contributed by atoms with Crippen LogP contribution in [-0.4, -0.2) is 39.1 Å². The number of carboxylic acids is 1. The molecule has 23 heavy (non-hydrogen) atoms. The molecule has 0 aliphatic carbocycles. The first-order valence-electron chi connectivity index (χ1n) is 7.30. The summed E-state index contributed by atoms with van der Waals surface area (Å²) in [5.74, 6) is -0.0563. The summed E-state index contributed by atoms with van der Waals surface area (Å²) in [6, 6.07) is 9.52. The molecule has 0 spiro atoms. The Kier molecular flexibility index (Phi) is 6.10. The van der Waals surface area contributed by atoms with Crippen LogP contribution in [0.15, 0.2) is 30.3 Å². The predicted molar refractivity (Wildman–Crippen MR) is 89.3 cm³/mol. The van der Waals surface area contributed by atoms with Gasteiger partial charge in [0.25, 0.3) is 0 Å². The maximum atomic E-state index is 10.8. The van der Waals surface area contributed by atoms with Gasteiger partial charge < -0.3 is 15.3 Å². The molecule has 1 aromatic heterocycles. The zero-order chi connectivity index (χ0) is 16.7. The Morgan fingerprint density at radius 2 is 2.00 bits per heavy atom. The van der Waals surface area contributed by atoms with Crippen LogP contribution in [0.5, 0.6) is 0 Å². The highest BCUT2D eigenvalue weighted by molar-refractivity contribution is 6.28. The van der Waals surface area contributed by atoms with Crippen LogP contribution in [0.25, 0.3) is 0 Å². The fraction of sp³-hybridized carbons (Fsp3) is 0.333. The van der Waals surface area contributed by atoms with Crippen LogP contribution in [-0.2, 0) is 4.79 Å². The van der Waals surface area contributed by atoms with Crippen molar-refractivity contribution in [2.75, 3.05) is 23.3 Å². The predicted octanol–water partition coefficient (Wildman–Crippen LogP) is 2.96. The minimum atomic E-state index is -0.833. The van der Waals surface area contributed by atoms with Gasteiger partial charge in [-0.15, -0.1) is 0 Å². The normalized spacial score (nSPS) is 10.3. The summed E-state index contributed by atoms with van der Waals surface area (Å²) in [5, 5.41) is 11.9. The van der Waals surface area contributed by atoms with E-state index in [1.165, 1.54) is 0 Å². The molecule has 0 unspecified atom stereocenters. The fourth-order valence-electron chi connectivity index (χ4n) is 2.04. The molecule has 0 amide bonds. The van der Waals surface area contributed by atoms with Gasteiger partial charge in [-0.3, -0.25) is 4.79 Å². The van der Waals surface area contributed by atoms with E-state index in [9.17, 15) is 4.79 Å². The summed E-state index contributed by atoms with van der Waals surface area (Å²) >= 11 is 5.98. The number of nitrogens with zero attached hydrogens (tertiary/aromatic N) is 4. The molecule has 0 radical (unpaired) electrons. The molecular formula is C15H18ClN5O2. The molecule has 8 heteroatoms. The van der Waals surface area contributed by atoms with E-state index in [-0.39, 0.29) is 11.7 Å². The van der Waals surface area contributed by atoms with Gasteiger partial charge in [-0.25, -0.2) is 0 Å². The number of hydrogen-bond acceptors (Lipinski definition) is 6. The van der Waals surface area contributed by atoms with E-state index in [1.807, 2.05) is 42.2 Å². The third-order valence-corrected chi connectivity index (χ3v) is 3.18. The topological polar surface area (TPSA) is 91.2 Å². The lowest BCUT2D eigenvalue weighted by atomic mass is 10.2. The van der Waals surface area contributed by atoms with E-state index in [0.29, 0.717) is 31.4 Å². The van der Waals surface area contributed by atoms with Gasteiger partial charge in [-0.05, 0) is 37.1 Å². The van der Waals surface area contributed by atoms with Crippen molar-refractivity contribution in [2.45, 2.75) is 19.8 Å². The van der Waals surface area contributed by atoms with E-state index in [0.717, 1.165) is 5.69 Å². The summed E-state index contributed by atoms with van der Waals surface area (Å²) in [7, 11) is 0. The van der Waals surface area contributed by atoms with E-state index < -0.39 is 5.97 Å². The highest BCUT2D eigenvalue weighted by Crippen LogP contribution is 2.24. The molecule has 1 aromatic carbocycles. The maximum Gasteiger partial charge on any atom is 0.303 e. The highest BCUT2D eigenvalue weighted by atomic mass is 35.5. The van der Waals surface area contributed by atoms with Gasteiger partial charge >= 0.3 is 5.97 Å². The Hall–Kier alpha value is -2.41. The largest absolute Gasteiger partial charge is 0.481 e. The maximum absolute atomic E-state index is 10.8. The van der Waals surface area contributed by atoms with Gasteiger partial charge in [0.05, 0.1) is 0 Å². The molecule has 2 rings (SSSR count). The number of halogens is 1. The third kappa shape index (κ3) is 5.07. The summed E-state index contributed by atoms with van der Waals surface area (Å²) in [5.41, 5.74) is 0.864. The van der Waals surface area contributed by atoms with Crippen LogP contribution in [0.2, 0.25) is 5.28 Å². The molecule has 0 saturated heterocycles. The molecule has 0 bridgehead atoms. The van der Waals surface area contributed by atoms with Gasteiger partial charge in [0.2, 0.25) is 17.2 Å². The summed E-state index contributed by atoms with van der Waals surface area (Å²) in [6.45, 7) is 3.05.